The number of nitrogens with zero attached hydrogens (tertiary/aromatic N) is 4. The lowest BCUT2D eigenvalue weighted by atomic mass is 9.97. The number of nitrogens with one attached hydrogen (secondary N) is 1. The number of carbonyl (C=O) groups excluding carboxylic acids is 1. The zero-order chi connectivity index (χ0) is 26.3. The average Bonchev–Trinajstić information content (AvgIpc) is 2.85. The van der Waals surface area contributed by atoms with Crippen molar-refractivity contribution >= 4 is 29.2 Å². The molecule has 1 fully saturated rings. The maximum atomic E-state index is 12.4. The van der Waals surface area contributed by atoms with E-state index >= 15 is 0 Å². The van der Waals surface area contributed by atoms with E-state index in [2.05, 4.69) is 41.9 Å². The molecule has 0 saturated carbocycles. The van der Waals surface area contributed by atoms with Crippen LogP contribution in [0.1, 0.15) is 49.6 Å². The fraction of sp³-hybridized carbons (Fsp3) is 0.481. The molecular weight excluding hydrogens is 472 g/mol. The topological polar surface area (TPSA) is 109 Å². The number of hydrogen-bond donors (Lipinski definition) is 2. The molecule has 190 valence electrons. The van der Waals surface area contributed by atoms with E-state index in [0.717, 1.165) is 23.9 Å². The molecule has 0 spiro atoms. The summed E-state index contributed by atoms with van der Waals surface area (Å²) in [5, 5.41) is 13.2. The van der Waals surface area contributed by atoms with Gasteiger partial charge in [-0.25, -0.2) is 9.83 Å². The van der Waals surface area contributed by atoms with Gasteiger partial charge in [0.05, 0.1) is 24.8 Å². The van der Waals surface area contributed by atoms with Crippen molar-refractivity contribution in [1.29, 1.82) is 5.26 Å². The van der Waals surface area contributed by atoms with Crippen LogP contribution in [0.3, 0.4) is 0 Å². The molecule has 3 N–H and O–H groups in total. The van der Waals surface area contributed by atoms with E-state index in [1.165, 1.54) is 0 Å². The van der Waals surface area contributed by atoms with Crippen LogP contribution in [0.5, 0.6) is 0 Å². The highest BCUT2D eigenvalue weighted by Gasteiger charge is 2.30. The van der Waals surface area contributed by atoms with Crippen molar-refractivity contribution in [2.45, 2.75) is 50.5 Å². The van der Waals surface area contributed by atoms with Gasteiger partial charge in [0.2, 0.25) is 11.6 Å². The van der Waals surface area contributed by atoms with E-state index in [1.807, 2.05) is 37.3 Å². The number of primary amides is 1. The summed E-state index contributed by atoms with van der Waals surface area (Å²) in [7, 11) is 0. The fourth-order valence-electron chi connectivity index (χ4n) is 4.14. The summed E-state index contributed by atoms with van der Waals surface area (Å²) >= 11 is 1.16. The van der Waals surface area contributed by atoms with Gasteiger partial charge in [0.1, 0.15) is 22.2 Å². The van der Waals surface area contributed by atoms with Crippen LogP contribution in [-0.4, -0.2) is 49.8 Å². The number of anilines is 1. The van der Waals surface area contributed by atoms with Crippen LogP contribution < -0.4 is 16.0 Å². The number of ether oxygens (including phenoxy) is 1. The number of morpholine rings is 1. The molecule has 9 heteroatoms. The van der Waals surface area contributed by atoms with Gasteiger partial charge in [0.25, 0.3) is 0 Å². The Balaban J connectivity index is 1.97. The molecule has 2 atom stereocenters. The number of nitriles is 1. The van der Waals surface area contributed by atoms with Crippen LogP contribution >= 0.6 is 11.8 Å². The molecule has 2 heterocycles. The summed E-state index contributed by atoms with van der Waals surface area (Å²) in [6.07, 6.45) is 0.443. The van der Waals surface area contributed by atoms with Gasteiger partial charge in [-0.3, -0.25) is 4.79 Å². The van der Waals surface area contributed by atoms with Crippen LogP contribution in [0.4, 0.5) is 11.5 Å². The van der Waals surface area contributed by atoms with Crippen LogP contribution in [0, 0.1) is 23.3 Å². The van der Waals surface area contributed by atoms with Gasteiger partial charge < -0.3 is 20.7 Å². The molecule has 1 aliphatic heterocycles. The van der Waals surface area contributed by atoms with E-state index in [0.29, 0.717) is 60.3 Å². The van der Waals surface area contributed by atoms with Gasteiger partial charge in [-0.1, -0.05) is 69.8 Å². The highest BCUT2D eigenvalue weighted by atomic mass is 32.2. The second-order valence-corrected chi connectivity index (χ2v) is 11.1. The Bertz CT molecular complexity index is 1150. The van der Waals surface area contributed by atoms with E-state index in [-0.39, 0.29) is 11.5 Å². The normalized spacial score (nSPS) is 16.7. The maximum Gasteiger partial charge on any atom is 0.235 e. The quantitative estimate of drug-likeness (QED) is 0.387. The smallest absolute Gasteiger partial charge is 0.235 e. The lowest BCUT2D eigenvalue weighted by Gasteiger charge is -2.35. The first kappa shape index (κ1) is 27.5. The predicted molar refractivity (Wildman–Crippen MR) is 143 cm³/mol. The van der Waals surface area contributed by atoms with Crippen molar-refractivity contribution in [3.8, 4) is 6.07 Å². The van der Waals surface area contributed by atoms with Gasteiger partial charge in [-0.15, -0.1) is 0 Å². The molecule has 2 aromatic rings. The first-order chi connectivity index (χ1) is 17.2. The number of pyridine rings is 1. The fourth-order valence-corrected chi connectivity index (χ4v) is 5.20. The third-order valence-electron chi connectivity index (χ3n) is 5.85. The van der Waals surface area contributed by atoms with Crippen LogP contribution in [0.25, 0.3) is 4.85 Å². The van der Waals surface area contributed by atoms with Crippen molar-refractivity contribution in [3.63, 3.8) is 0 Å². The predicted octanol–water partition coefficient (Wildman–Crippen LogP) is 4.23. The summed E-state index contributed by atoms with van der Waals surface area (Å²) in [5.41, 5.74) is 8.02. The van der Waals surface area contributed by atoms with Crippen molar-refractivity contribution in [2.75, 3.05) is 37.7 Å². The molecule has 36 heavy (non-hydrogen) atoms. The Labute approximate surface area is 218 Å². The van der Waals surface area contributed by atoms with Crippen molar-refractivity contribution in [3.05, 3.63) is 58.4 Å². The van der Waals surface area contributed by atoms with Crippen molar-refractivity contribution in [2.24, 2.45) is 11.1 Å². The minimum Gasteiger partial charge on any atom is -0.373 e. The second-order valence-electron chi connectivity index (χ2n) is 9.96. The van der Waals surface area contributed by atoms with Gasteiger partial charge >= 0.3 is 0 Å². The Morgan fingerprint density at radius 2 is 2.14 bits per heavy atom. The molecule has 1 unspecified atom stereocenters. The zero-order valence-electron chi connectivity index (χ0n) is 21.4. The van der Waals surface area contributed by atoms with Gasteiger partial charge in [0.15, 0.2) is 0 Å². The molecule has 3 rings (SSSR count). The summed E-state index contributed by atoms with van der Waals surface area (Å²) in [5.74, 6) is 0.0193. The summed E-state index contributed by atoms with van der Waals surface area (Å²) < 4.78 is 5.98. The Hall–Kier alpha value is -3.11. The van der Waals surface area contributed by atoms with Crippen molar-refractivity contribution in [1.82, 2.24) is 10.3 Å². The first-order valence-corrected chi connectivity index (χ1v) is 13.0. The Morgan fingerprint density at radius 1 is 1.42 bits per heavy atom. The standard InChI is InChI=1S/C27H34N6O2S/c1-6-20-21(14-28)26(36-23(24(29)34)18-10-8-7-9-11-18)32-25(22(20)30-5)33-12-13-35-19(16-33)15-31-17-27(2,3)4/h7-11,19,23,31H,6,12-13,15-17H2,1-4H3,(H2,29,34)/t19-,23?/m1/s1. The van der Waals surface area contributed by atoms with Gasteiger partial charge in [-0.05, 0) is 23.0 Å². The van der Waals surface area contributed by atoms with Crippen molar-refractivity contribution < 1.29 is 9.53 Å². The van der Waals surface area contributed by atoms with E-state index in [4.69, 9.17) is 22.0 Å². The van der Waals surface area contributed by atoms with Gasteiger partial charge in [-0.2, -0.15) is 5.26 Å². The van der Waals surface area contributed by atoms with Crippen LogP contribution in [0.15, 0.2) is 35.4 Å². The molecule has 8 nitrogen and oxygen atoms in total. The number of benzene rings is 1. The number of hydrogen-bond acceptors (Lipinski definition) is 7. The molecular formula is C27H34N6O2S. The number of nitrogens with two attached hydrogens (primary N) is 1. The lowest BCUT2D eigenvalue weighted by molar-refractivity contribution is -0.117. The summed E-state index contributed by atoms with van der Waals surface area (Å²) in [6.45, 7) is 19.6. The minimum absolute atomic E-state index is 0.0546. The van der Waals surface area contributed by atoms with E-state index in [1.54, 1.807) is 0 Å². The number of carbonyl (C=O) groups is 1. The molecule has 1 aliphatic rings. The SMILES string of the molecule is [C-]#[N+]c1c(N2CCO[C@H](CNCC(C)(C)C)C2)nc(SC(C(N)=O)c2ccccc2)c(C#N)c1CC. The minimum atomic E-state index is -0.707. The second kappa shape index (κ2) is 12.2. The molecule has 1 saturated heterocycles. The molecule has 0 aliphatic carbocycles. The first-order valence-electron chi connectivity index (χ1n) is 12.1. The summed E-state index contributed by atoms with van der Waals surface area (Å²) in [4.78, 5) is 23.1. The third-order valence-corrected chi connectivity index (χ3v) is 7.11. The maximum absolute atomic E-state index is 12.4. The highest BCUT2D eigenvalue weighted by Crippen LogP contribution is 2.42. The van der Waals surface area contributed by atoms with Gasteiger partial charge in [0, 0.05) is 26.2 Å². The summed E-state index contributed by atoms with van der Waals surface area (Å²) in [6, 6.07) is 11.5. The molecule has 1 aromatic carbocycles. The number of amides is 1. The zero-order valence-corrected chi connectivity index (χ0v) is 22.2. The monoisotopic (exact) mass is 506 g/mol. The third kappa shape index (κ3) is 6.76. The molecule has 0 radical (unpaired) electrons. The molecule has 1 amide bonds. The average molecular weight is 507 g/mol. The molecule has 1 aromatic heterocycles. The number of thioether (sulfide) groups is 1. The Morgan fingerprint density at radius 3 is 2.72 bits per heavy atom. The van der Waals surface area contributed by atoms with Crippen LogP contribution in [-0.2, 0) is 16.0 Å². The lowest BCUT2D eigenvalue weighted by Crippen LogP contribution is -2.48. The van der Waals surface area contributed by atoms with E-state index in [9.17, 15) is 10.1 Å². The Kier molecular flexibility index (Phi) is 9.33. The highest BCUT2D eigenvalue weighted by molar-refractivity contribution is 8.00. The molecule has 0 bridgehead atoms. The number of aromatic nitrogens is 1. The van der Waals surface area contributed by atoms with Crippen LogP contribution in [0.2, 0.25) is 0 Å². The van der Waals surface area contributed by atoms with E-state index < -0.39 is 11.2 Å². The number of rotatable bonds is 9. The largest absolute Gasteiger partial charge is 0.373 e.